The van der Waals surface area contributed by atoms with Crippen molar-refractivity contribution in [3.8, 4) is 0 Å². The first-order chi connectivity index (χ1) is 4.54. The molecule has 0 aromatic carbocycles. The summed E-state index contributed by atoms with van der Waals surface area (Å²) in [5.74, 6) is -0.789. The first-order valence-electron chi connectivity index (χ1n) is 2.39. The molecule has 4 N–H and O–H groups in total. The number of hydroxylamine groups is 1. The van der Waals surface area contributed by atoms with E-state index in [-0.39, 0.29) is 11.0 Å². The van der Waals surface area contributed by atoms with E-state index in [4.69, 9.17) is 5.11 Å². The molecule has 0 aliphatic rings. The molecule has 0 rings (SSSR count). The lowest BCUT2D eigenvalue weighted by Crippen LogP contribution is -2.25. The third-order valence-electron chi connectivity index (χ3n) is 0.580. The fourth-order valence-electron chi connectivity index (χ4n) is 0.177. The van der Waals surface area contributed by atoms with Gasteiger partial charge in [-0.25, -0.2) is 9.59 Å². The summed E-state index contributed by atoms with van der Waals surface area (Å²) in [4.78, 5) is 24.1. The Labute approximate surface area is 62.7 Å². The Bertz CT molecular complexity index is 176. The molecule has 11 heavy (non-hydrogen) atoms. The molecular weight excluding hydrogens is 154 g/mol. The average molecular weight is 163 g/mol. The lowest BCUT2D eigenvalue weighted by atomic mass is 10.4. The third-order valence-corrected chi connectivity index (χ3v) is 0.580. The van der Waals surface area contributed by atoms with Crippen molar-refractivity contribution in [2.24, 2.45) is 0 Å². The van der Waals surface area contributed by atoms with Crippen molar-refractivity contribution < 1.29 is 25.0 Å². The van der Waals surface area contributed by atoms with E-state index in [0.717, 1.165) is 0 Å². The Morgan fingerprint density at radius 1 is 1.55 bits per heavy atom. The van der Waals surface area contributed by atoms with Crippen molar-refractivity contribution in [1.82, 2.24) is 5.48 Å². The quantitative estimate of drug-likeness (QED) is 0.400. The van der Waals surface area contributed by atoms with Crippen LogP contribution in [0.2, 0.25) is 0 Å². The zero-order valence-electron chi connectivity index (χ0n) is 5.88. The Balaban J connectivity index is 0. The van der Waals surface area contributed by atoms with Crippen LogP contribution in [0.25, 0.3) is 0 Å². The topological polar surface area (TPSA) is 107 Å². The molecule has 0 saturated heterocycles. The Morgan fingerprint density at radius 3 is 2.27 bits per heavy atom. The van der Waals surface area contributed by atoms with E-state index < -0.39 is 12.1 Å². The molecule has 6 heteroatoms. The number of carbonyl (C=O) groups excluding carboxylic acids is 1. The lowest BCUT2D eigenvalue weighted by molar-refractivity contribution is -0.144. The average Bonchev–Trinajstić information content (AvgIpc) is 1.82. The van der Waals surface area contributed by atoms with Gasteiger partial charge in [-0.3, -0.25) is 0 Å². The highest BCUT2D eigenvalue weighted by Gasteiger charge is 2.03. The lowest BCUT2D eigenvalue weighted by Gasteiger charge is -1.99. The molecule has 0 unspecified atom stereocenters. The zero-order valence-corrected chi connectivity index (χ0v) is 5.88. The second kappa shape index (κ2) is 5.24. The molecule has 0 fully saturated rings. The highest BCUT2D eigenvalue weighted by Crippen LogP contribution is 1.87. The van der Waals surface area contributed by atoms with Crippen molar-refractivity contribution >= 4 is 12.1 Å². The van der Waals surface area contributed by atoms with Gasteiger partial charge in [-0.15, -0.1) is 5.48 Å². The first kappa shape index (κ1) is 12.1. The highest BCUT2D eigenvalue weighted by atomic mass is 16.7. The normalized spacial score (nSPS) is 7.36. The minimum Gasteiger partial charge on any atom is -0.463 e. The summed E-state index contributed by atoms with van der Waals surface area (Å²) in [6.07, 6.45) is -1.42. The molecule has 0 heterocycles. The van der Waals surface area contributed by atoms with Crippen LogP contribution >= 0.6 is 0 Å². The molecule has 0 radical (unpaired) electrons. The van der Waals surface area contributed by atoms with Crippen LogP contribution in [-0.2, 0) is 9.63 Å². The fraction of sp³-hybridized carbons (Fsp3) is 0.200. The van der Waals surface area contributed by atoms with E-state index in [0.29, 0.717) is 0 Å². The smallest absolute Gasteiger partial charge is 0.438 e. The van der Waals surface area contributed by atoms with Crippen LogP contribution in [0, 0.1) is 0 Å². The van der Waals surface area contributed by atoms with Gasteiger partial charge in [0.05, 0.1) is 0 Å². The van der Waals surface area contributed by atoms with Crippen LogP contribution in [-0.4, -0.2) is 22.6 Å². The van der Waals surface area contributed by atoms with Crippen molar-refractivity contribution in [3.63, 3.8) is 0 Å². The van der Waals surface area contributed by atoms with Crippen LogP contribution in [0.1, 0.15) is 6.92 Å². The number of carbonyl (C=O) groups is 2. The maximum atomic E-state index is 10.4. The molecular formula is C5H9NO5. The van der Waals surface area contributed by atoms with Crippen molar-refractivity contribution in [3.05, 3.63) is 12.2 Å². The predicted octanol–water partition coefficient (Wildman–Crippen LogP) is -0.536. The Hall–Kier alpha value is -1.56. The molecule has 0 aliphatic carbocycles. The predicted molar refractivity (Wildman–Crippen MR) is 35.7 cm³/mol. The van der Waals surface area contributed by atoms with Gasteiger partial charge in [0.1, 0.15) is 0 Å². The molecule has 0 bridgehead atoms. The van der Waals surface area contributed by atoms with Gasteiger partial charge in [-0.1, -0.05) is 6.58 Å². The summed E-state index contributed by atoms with van der Waals surface area (Å²) in [7, 11) is 0. The highest BCUT2D eigenvalue weighted by molar-refractivity contribution is 5.87. The van der Waals surface area contributed by atoms with E-state index >= 15 is 0 Å². The van der Waals surface area contributed by atoms with E-state index in [9.17, 15) is 9.59 Å². The molecule has 0 aliphatic heterocycles. The van der Waals surface area contributed by atoms with E-state index in [2.05, 4.69) is 11.4 Å². The van der Waals surface area contributed by atoms with Crippen molar-refractivity contribution in [2.45, 2.75) is 6.92 Å². The zero-order chi connectivity index (χ0) is 8.15. The van der Waals surface area contributed by atoms with Gasteiger partial charge < -0.3 is 15.4 Å². The van der Waals surface area contributed by atoms with E-state index in [1.54, 1.807) is 0 Å². The van der Waals surface area contributed by atoms with Crippen molar-refractivity contribution in [1.29, 1.82) is 0 Å². The fourth-order valence-corrected chi connectivity index (χ4v) is 0.177. The minimum atomic E-state index is -1.42. The number of carboxylic acid groups (broad SMARTS) is 1. The number of amides is 1. The molecule has 0 spiro atoms. The van der Waals surface area contributed by atoms with Crippen LogP contribution in [0.3, 0.4) is 0 Å². The molecule has 64 valence electrons. The third kappa shape index (κ3) is 6.32. The molecule has 6 nitrogen and oxygen atoms in total. The molecule has 0 saturated carbocycles. The van der Waals surface area contributed by atoms with Gasteiger partial charge in [0.15, 0.2) is 0 Å². The largest absolute Gasteiger partial charge is 0.463 e. The van der Waals surface area contributed by atoms with Gasteiger partial charge in [-0.2, -0.15) is 0 Å². The van der Waals surface area contributed by atoms with Gasteiger partial charge in [0.2, 0.25) is 0 Å². The summed E-state index contributed by atoms with van der Waals surface area (Å²) in [6.45, 7) is 4.63. The second-order valence-corrected chi connectivity index (χ2v) is 1.58. The summed E-state index contributed by atoms with van der Waals surface area (Å²) in [6, 6.07) is 0. The van der Waals surface area contributed by atoms with Crippen LogP contribution < -0.4 is 5.48 Å². The van der Waals surface area contributed by atoms with E-state index in [1.807, 2.05) is 0 Å². The Morgan fingerprint density at radius 2 is 2.00 bits per heavy atom. The molecule has 0 aromatic rings. The maximum absolute atomic E-state index is 10.4. The summed E-state index contributed by atoms with van der Waals surface area (Å²) in [5.41, 5.74) is 1.57. The number of hydrogen-bond donors (Lipinski definition) is 2. The summed E-state index contributed by atoms with van der Waals surface area (Å²) in [5, 5.41) is 7.93. The van der Waals surface area contributed by atoms with Crippen LogP contribution in [0.5, 0.6) is 0 Å². The SMILES string of the molecule is C=C(C)C(=O)ONC(=O)O.O. The van der Waals surface area contributed by atoms with E-state index in [1.165, 1.54) is 12.4 Å². The standard InChI is InChI=1S/C5H7NO4.H2O/c1-3(2)4(7)10-6-5(8)9;/h6H,1H2,2H3,(H,8,9);1H2. The Kier molecular flexibility index (Phi) is 5.79. The monoisotopic (exact) mass is 163 g/mol. The summed E-state index contributed by atoms with van der Waals surface area (Å²) >= 11 is 0. The van der Waals surface area contributed by atoms with Gasteiger partial charge in [-0.05, 0) is 6.92 Å². The van der Waals surface area contributed by atoms with Gasteiger partial charge >= 0.3 is 12.1 Å². The minimum absolute atomic E-state index is 0. The van der Waals surface area contributed by atoms with Gasteiger partial charge in [0, 0.05) is 5.57 Å². The molecule has 0 atom stereocenters. The summed E-state index contributed by atoms with van der Waals surface area (Å²) < 4.78 is 0. The molecule has 0 aromatic heterocycles. The van der Waals surface area contributed by atoms with Gasteiger partial charge in [0.25, 0.3) is 0 Å². The maximum Gasteiger partial charge on any atom is 0.438 e. The molecule has 1 amide bonds. The first-order valence-corrected chi connectivity index (χ1v) is 2.39. The number of rotatable bonds is 1. The van der Waals surface area contributed by atoms with Crippen LogP contribution in [0.4, 0.5) is 4.79 Å². The number of hydrogen-bond acceptors (Lipinski definition) is 3. The number of nitrogens with one attached hydrogen (secondary N) is 1. The van der Waals surface area contributed by atoms with Crippen molar-refractivity contribution in [2.75, 3.05) is 0 Å². The second-order valence-electron chi connectivity index (χ2n) is 1.58. The van der Waals surface area contributed by atoms with Crippen LogP contribution in [0.15, 0.2) is 12.2 Å².